The van der Waals surface area contributed by atoms with Gasteiger partial charge in [-0.05, 0) is 25.1 Å². The van der Waals surface area contributed by atoms with Crippen molar-refractivity contribution in [2.24, 2.45) is 0 Å². The van der Waals surface area contributed by atoms with Gasteiger partial charge in [-0.25, -0.2) is 9.97 Å². The molecule has 0 radical (unpaired) electrons. The first-order valence-electron chi connectivity index (χ1n) is 5.61. The second-order valence-corrected chi connectivity index (χ2v) is 4.79. The average molecular weight is 318 g/mol. The highest BCUT2D eigenvalue weighted by Gasteiger charge is 2.08. The molecular formula is C13H12BrN5. The van der Waals surface area contributed by atoms with Crippen molar-refractivity contribution < 1.29 is 0 Å². The fraction of sp³-hybridized carbons (Fsp3) is 0.154. The molecule has 5 nitrogen and oxygen atoms in total. The Labute approximate surface area is 119 Å². The predicted octanol–water partition coefficient (Wildman–Crippen LogP) is 3.20. The van der Waals surface area contributed by atoms with Gasteiger partial charge in [0.25, 0.3) is 0 Å². The summed E-state index contributed by atoms with van der Waals surface area (Å²) < 4.78 is 0.866. The zero-order valence-corrected chi connectivity index (χ0v) is 12.1. The number of nitriles is 1. The van der Waals surface area contributed by atoms with Crippen LogP contribution in [0.4, 0.5) is 17.3 Å². The SMILES string of the molecule is CNc1ncnc(Nc2ccc(Br)cc2C#N)c1C. The van der Waals surface area contributed by atoms with Gasteiger partial charge in [0.05, 0.1) is 11.3 Å². The summed E-state index contributed by atoms with van der Waals surface area (Å²) in [4.78, 5) is 8.32. The van der Waals surface area contributed by atoms with Gasteiger partial charge in [-0.15, -0.1) is 0 Å². The van der Waals surface area contributed by atoms with Crippen LogP contribution in [0.3, 0.4) is 0 Å². The van der Waals surface area contributed by atoms with Crippen molar-refractivity contribution >= 4 is 33.3 Å². The molecule has 0 spiro atoms. The van der Waals surface area contributed by atoms with Crippen LogP contribution in [0.1, 0.15) is 11.1 Å². The highest BCUT2D eigenvalue weighted by atomic mass is 79.9. The normalized spacial score (nSPS) is 9.79. The minimum atomic E-state index is 0.554. The quantitative estimate of drug-likeness (QED) is 0.909. The third-order valence-electron chi connectivity index (χ3n) is 2.68. The number of aromatic nitrogens is 2. The van der Waals surface area contributed by atoms with E-state index in [2.05, 4.69) is 42.6 Å². The summed E-state index contributed by atoms with van der Waals surface area (Å²) >= 11 is 3.35. The molecule has 0 fully saturated rings. The lowest BCUT2D eigenvalue weighted by Gasteiger charge is -2.12. The Balaban J connectivity index is 2.40. The summed E-state index contributed by atoms with van der Waals surface area (Å²) in [6.07, 6.45) is 1.48. The molecule has 0 unspecified atom stereocenters. The van der Waals surface area contributed by atoms with Crippen LogP contribution in [0.2, 0.25) is 0 Å². The van der Waals surface area contributed by atoms with Gasteiger partial charge in [0.15, 0.2) is 0 Å². The van der Waals surface area contributed by atoms with Crippen molar-refractivity contribution in [1.82, 2.24) is 9.97 Å². The first-order valence-corrected chi connectivity index (χ1v) is 6.41. The third kappa shape index (κ3) is 2.83. The summed E-state index contributed by atoms with van der Waals surface area (Å²) in [5.41, 5.74) is 2.17. The zero-order valence-electron chi connectivity index (χ0n) is 10.5. The topological polar surface area (TPSA) is 73.6 Å². The highest BCUT2D eigenvalue weighted by molar-refractivity contribution is 9.10. The molecule has 6 heteroatoms. The van der Waals surface area contributed by atoms with Gasteiger partial charge in [0.2, 0.25) is 0 Å². The Kier molecular flexibility index (Phi) is 3.97. The molecule has 2 rings (SSSR count). The molecule has 0 aliphatic rings. The van der Waals surface area contributed by atoms with Crippen LogP contribution in [-0.2, 0) is 0 Å². The summed E-state index contributed by atoms with van der Waals surface area (Å²) in [7, 11) is 1.81. The zero-order chi connectivity index (χ0) is 13.8. The van der Waals surface area contributed by atoms with E-state index in [4.69, 9.17) is 5.26 Å². The molecule has 0 atom stereocenters. The number of halogens is 1. The lowest BCUT2D eigenvalue weighted by molar-refractivity contribution is 1.12. The third-order valence-corrected chi connectivity index (χ3v) is 3.17. The molecule has 0 saturated carbocycles. The van der Waals surface area contributed by atoms with Crippen molar-refractivity contribution in [3.63, 3.8) is 0 Å². The van der Waals surface area contributed by atoms with Crippen molar-refractivity contribution in [2.75, 3.05) is 17.7 Å². The lowest BCUT2D eigenvalue weighted by Crippen LogP contribution is -2.03. The first kappa shape index (κ1) is 13.3. The van der Waals surface area contributed by atoms with Crippen molar-refractivity contribution in [3.8, 4) is 6.07 Å². The number of hydrogen-bond acceptors (Lipinski definition) is 5. The first-order chi connectivity index (χ1) is 9.15. The fourth-order valence-electron chi connectivity index (χ4n) is 1.67. The van der Waals surface area contributed by atoms with Crippen molar-refractivity contribution in [2.45, 2.75) is 6.92 Å². The molecule has 1 heterocycles. The van der Waals surface area contributed by atoms with E-state index in [9.17, 15) is 0 Å². The van der Waals surface area contributed by atoms with Crippen LogP contribution < -0.4 is 10.6 Å². The lowest BCUT2D eigenvalue weighted by atomic mass is 10.2. The largest absolute Gasteiger partial charge is 0.373 e. The maximum atomic E-state index is 9.14. The Morgan fingerprint density at radius 1 is 1.26 bits per heavy atom. The molecule has 2 aromatic rings. The van der Waals surface area contributed by atoms with Gasteiger partial charge < -0.3 is 10.6 Å². The van der Waals surface area contributed by atoms with Crippen LogP contribution in [0, 0.1) is 18.3 Å². The van der Waals surface area contributed by atoms with Crippen molar-refractivity contribution in [1.29, 1.82) is 5.26 Å². The van der Waals surface area contributed by atoms with E-state index in [1.807, 2.05) is 19.1 Å². The van der Waals surface area contributed by atoms with Gasteiger partial charge in [0, 0.05) is 17.1 Å². The number of nitrogens with zero attached hydrogens (tertiary/aromatic N) is 3. The van der Waals surface area contributed by atoms with Crippen molar-refractivity contribution in [3.05, 3.63) is 40.1 Å². The number of benzene rings is 1. The van der Waals surface area contributed by atoms with Crippen LogP contribution in [-0.4, -0.2) is 17.0 Å². The molecule has 19 heavy (non-hydrogen) atoms. The molecule has 1 aromatic carbocycles. The van der Waals surface area contributed by atoms with Gasteiger partial charge in [-0.2, -0.15) is 5.26 Å². The standard InChI is InChI=1S/C13H12BrN5/c1-8-12(16-2)17-7-18-13(8)19-11-4-3-10(14)5-9(11)6-15/h3-5,7H,1-2H3,(H2,16,17,18,19). The van der Waals surface area contributed by atoms with Gasteiger partial charge in [0.1, 0.15) is 24.0 Å². The Morgan fingerprint density at radius 2 is 2.00 bits per heavy atom. The van der Waals surface area contributed by atoms with Gasteiger partial charge in [-0.1, -0.05) is 15.9 Å². The smallest absolute Gasteiger partial charge is 0.138 e. The number of hydrogen-bond donors (Lipinski definition) is 2. The number of rotatable bonds is 3. The van der Waals surface area contributed by atoms with Crippen LogP contribution in [0.15, 0.2) is 29.0 Å². The Hall–Kier alpha value is -2.13. The summed E-state index contributed by atoms with van der Waals surface area (Å²) in [5, 5.41) is 15.3. The molecule has 0 bridgehead atoms. The molecule has 1 aromatic heterocycles. The Morgan fingerprint density at radius 3 is 2.68 bits per heavy atom. The molecule has 0 aliphatic carbocycles. The van der Waals surface area contributed by atoms with Crippen LogP contribution >= 0.6 is 15.9 Å². The van der Waals surface area contributed by atoms with E-state index in [-0.39, 0.29) is 0 Å². The fourth-order valence-corrected chi connectivity index (χ4v) is 2.03. The molecule has 0 aliphatic heterocycles. The molecule has 2 N–H and O–H groups in total. The molecular weight excluding hydrogens is 306 g/mol. The van der Waals surface area contributed by atoms with Gasteiger partial charge >= 0.3 is 0 Å². The summed E-state index contributed by atoms with van der Waals surface area (Å²) in [6.45, 7) is 1.92. The molecule has 0 saturated heterocycles. The number of anilines is 3. The van der Waals surface area contributed by atoms with E-state index < -0.39 is 0 Å². The maximum Gasteiger partial charge on any atom is 0.138 e. The predicted molar refractivity (Wildman–Crippen MR) is 78.5 cm³/mol. The highest BCUT2D eigenvalue weighted by Crippen LogP contribution is 2.26. The Bertz CT molecular complexity index is 648. The van der Waals surface area contributed by atoms with E-state index in [0.717, 1.165) is 21.5 Å². The molecule has 0 amide bonds. The van der Waals surface area contributed by atoms with Crippen LogP contribution in [0.5, 0.6) is 0 Å². The second kappa shape index (κ2) is 5.67. The maximum absolute atomic E-state index is 9.14. The minimum Gasteiger partial charge on any atom is -0.373 e. The van der Waals surface area contributed by atoms with E-state index in [1.54, 1.807) is 13.1 Å². The average Bonchev–Trinajstić information content (AvgIpc) is 2.42. The second-order valence-electron chi connectivity index (χ2n) is 3.87. The van der Waals surface area contributed by atoms with E-state index in [0.29, 0.717) is 11.4 Å². The van der Waals surface area contributed by atoms with E-state index >= 15 is 0 Å². The number of nitrogens with one attached hydrogen (secondary N) is 2. The summed E-state index contributed by atoms with van der Waals surface area (Å²) in [6, 6.07) is 7.63. The van der Waals surface area contributed by atoms with Crippen LogP contribution in [0.25, 0.3) is 0 Å². The molecule has 96 valence electrons. The van der Waals surface area contributed by atoms with E-state index in [1.165, 1.54) is 6.33 Å². The summed E-state index contributed by atoms with van der Waals surface area (Å²) in [5.74, 6) is 1.44. The monoisotopic (exact) mass is 317 g/mol. The van der Waals surface area contributed by atoms with Gasteiger partial charge in [-0.3, -0.25) is 0 Å². The minimum absolute atomic E-state index is 0.554.